The molecule has 0 amide bonds. The fourth-order valence-corrected chi connectivity index (χ4v) is 6.08. The topological polar surface area (TPSA) is 52.9 Å². The summed E-state index contributed by atoms with van der Waals surface area (Å²) in [5.41, 5.74) is 0.626. The molecular weight excluding hydrogens is 464 g/mol. The van der Waals surface area contributed by atoms with E-state index < -0.39 is 0 Å². The lowest BCUT2D eigenvalue weighted by atomic mass is 10.0. The monoisotopic (exact) mass is 494 g/mol. The van der Waals surface area contributed by atoms with Gasteiger partial charge in [-0.3, -0.25) is 9.36 Å². The molecule has 3 aliphatic heterocycles. The van der Waals surface area contributed by atoms with Crippen molar-refractivity contribution >= 4 is 22.4 Å². The number of rotatable bonds is 6. The van der Waals surface area contributed by atoms with Crippen molar-refractivity contribution in [3.63, 3.8) is 0 Å². The molecule has 0 aliphatic carbocycles. The zero-order chi connectivity index (χ0) is 23.9. The van der Waals surface area contributed by atoms with Gasteiger partial charge in [-0.1, -0.05) is 11.6 Å². The fourth-order valence-electron chi connectivity index (χ4n) is 5.86. The van der Waals surface area contributed by atoms with Gasteiger partial charge in [0.25, 0.3) is 5.56 Å². The Morgan fingerprint density at radius 3 is 2.63 bits per heavy atom. The summed E-state index contributed by atoms with van der Waals surface area (Å²) >= 11 is 6.62. The van der Waals surface area contributed by atoms with Crippen molar-refractivity contribution in [3.8, 4) is 17.2 Å². The summed E-state index contributed by atoms with van der Waals surface area (Å²) in [7, 11) is 2.22. The number of benzene rings is 2. The number of fused-ring (bicyclic) bond motifs is 3. The van der Waals surface area contributed by atoms with Gasteiger partial charge in [-0.25, -0.2) is 0 Å². The Balaban J connectivity index is 1.19. The maximum absolute atomic E-state index is 13.3. The highest BCUT2D eigenvalue weighted by atomic mass is 35.5. The first-order valence-corrected chi connectivity index (χ1v) is 13.0. The smallest absolute Gasteiger partial charge is 0.262 e. The molecular formula is C28H31ClN2O4. The molecule has 0 spiro atoms. The molecule has 4 heterocycles. The van der Waals surface area contributed by atoms with Crippen LogP contribution in [0.1, 0.15) is 38.5 Å². The van der Waals surface area contributed by atoms with Gasteiger partial charge in [-0.2, -0.15) is 0 Å². The van der Waals surface area contributed by atoms with Crippen molar-refractivity contribution in [3.05, 3.63) is 64.0 Å². The van der Waals surface area contributed by atoms with E-state index in [0.29, 0.717) is 34.8 Å². The van der Waals surface area contributed by atoms with Gasteiger partial charge in [-0.05, 0) is 93.4 Å². The summed E-state index contributed by atoms with van der Waals surface area (Å²) in [4.78, 5) is 15.7. The number of ether oxygens (including phenoxy) is 3. The van der Waals surface area contributed by atoms with Gasteiger partial charge in [0.05, 0.1) is 16.8 Å². The van der Waals surface area contributed by atoms with Crippen LogP contribution in [0.5, 0.6) is 11.5 Å². The minimum Gasteiger partial charge on any atom is -0.491 e. The van der Waals surface area contributed by atoms with Crippen molar-refractivity contribution in [1.82, 2.24) is 9.47 Å². The van der Waals surface area contributed by atoms with Gasteiger partial charge >= 0.3 is 0 Å². The summed E-state index contributed by atoms with van der Waals surface area (Å²) in [6.07, 6.45) is 8.82. The molecule has 3 aromatic rings. The maximum Gasteiger partial charge on any atom is 0.262 e. The fraction of sp³-hybridized carbons (Fsp3) is 0.464. The van der Waals surface area contributed by atoms with Crippen molar-refractivity contribution in [2.75, 3.05) is 20.3 Å². The van der Waals surface area contributed by atoms with Crippen LogP contribution < -0.4 is 15.0 Å². The lowest BCUT2D eigenvalue weighted by Crippen LogP contribution is -2.43. The van der Waals surface area contributed by atoms with E-state index in [1.807, 2.05) is 42.5 Å². The molecule has 4 atom stereocenters. The van der Waals surface area contributed by atoms with Gasteiger partial charge in [0.1, 0.15) is 24.2 Å². The molecule has 6 rings (SSSR count). The van der Waals surface area contributed by atoms with Crippen LogP contribution in [0.4, 0.5) is 0 Å². The SMILES string of the molecule is CN1[C@@H]2CC[C@H]1C[C@@H](Oc1ccc(-n3ccc4cc(OC[C@@H]5CCCO5)ccc4c3=O)cc1Cl)C2. The van der Waals surface area contributed by atoms with Gasteiger partial charge in [0.2, 0.25) is 0 Å². The summed E-state index contributed by atoms with van der Waals surface area (Å²) < 4.78 is 19.5. The number of hydrogen-bond donors (Lipinski definition) is 0. The van der Waals surface area contributed by atoms with Crippen LogP contribution in [0.2, 0.25) is 5.02 Å². The second kappa shape index (κ2) is 9.49. The summed E-state index contributed by atoms with van der Waals surface area (Å²) in [5, 5.41) is 2.01. The zero-order valence-electron chi connectivity index (χ0n) is 20.0. The van der Waals surface area contributed by atoms with Crippen LogP contribution >= 0.6 is 11.6 Å². The normalized spacial score (nSPS) is 26.3. The molecule has 0 radical (unpaired) electrons. The van der Waals surface area contributed by atoms with Crippen molar-refractivity contribution in [1.29, 1.82) is 0 Å². The number of halogens is 1. The van der Waals surface area contributed by atoms with Crippen molar-refractivity contribution in [2.24, 2.45) is 0 Å². The molecule has 1 aromatic heterocycles. The lowest BCUT2D eigenvalue weighted by Gasteiger charge is -2.36. The van der Waals surface area contributed by atoms with Gasteiger partial charge < -0.3 is 19.1 Å². The minimum absolute atomic E-state index is 0.0928. The Labute approximate surface area is 210 Å². The first-order valence-electron chi connectivity index (χ1n) is 12.6. The average Bonchev–Trinajstić information content (AvgIpc) is 3.44. The average molecular weight is 495 g/mol. The van der Waals surface area contributed by atoms with Gasteiger partial charge in [0, 0.05) is 30.3 Å². The van der Waals surface area contributed by atoms with Crippen LogP contribution in [0.15, 0.2) is 53.5 Å². The molecule has 3 saturated heterocycles. The van der Waals surface area contributed by atoms with E-state index in [-0.39, 0.29) is 17.8 Å². The van der Waals surface area contributed by atoms with Crippen LogP contribution in [0.3, 0.4) is 0 Å². The maximum atomic E-state index is 13.3. The highest BCUT2D eigenvalue weighted by Crippen LogP contribution is 2.37. The second-order valence-electron chi connectivity index (χ2n) is 10.1. The molecule has 6 nitrogen and oxygen atoms in total. The molecule has 2 aromatic carbocycles. The summed E-state index contributed by atoms with van der Waals surface area (Å²) in [6, 6.07) is 14.3. The zero-order valence-corrected chi connectivity index (χ0v) is 20.7. The van der Waals surface area contributed by atoms with Crippen LogP contribution in [-0.2, 0) is 4.74 Å². The Hall–Kier alpha value is -2.54. The standard InChI is InChI=1S/C28H31ClN2O4/c1-30-19-4-5-20(30)15-24(14-19)35-27-9-6-21(16-26(27)29)31-11-10-18-13-22(7-8-25(18)28(31)32)34-17-23-3-2-12-33-23/h6-11,13,16,19-20,23-24H,2-5,12,14-15,17H2,1H3/t19-,20+,23-,24+/m0/s1. The summed E-state index contributed by atoms with van der Waals surface area (Å²) in [5.74, 6) is 1.43. The quantitative estimate of drug-likeness (QED) is 0.471. The second-order valence-corrected chi connectivity index (χ2v) is 10.5. The lowest BCUT2D eigenvalue weighted by molar-refractivity contribution is 0.0662. The Morgan fingerprint density at radius 2 is 1.89 bits per heavy atom. The third-order valence-corrected chi connectivity index (χ3v) is 8.17. The predicted molar refractivity (Wildman–Crippen MR) is 137 cm³/mol. The Morgan fingerprint density at radius 1 is 1.06 bits per heavy atom. The predicted octanol–water partition coefficient (Wildman–Crippen LogP) is 5.21. The van der Waals surface area contributed by atoms with Gasteiger partial charge in [0.15, 0.2) is 0 Å². The highest BCUT2D eigenvalue weighted by molar-refractivity contribution is 6.32. The van der Waals surface area contributed by atoms with Crippen LogP contribution in [-0.4, -0.2) is 54.0 Å². The number of pyridine rings is 1. The minimum atomic E-state index is -0.0928. The Kier molecular flexibility index (Phi) is 6.21. The van der Waals surface area contributed by atoms with E-state index in [2.05, 4.69) is 11.9 Å². The first-order chi connectivity index (χ1) is 17.0. The molecule has 0 saturated carbocycles. The molecule has 0 unspecified atom stereocenters. The third-order valence-electron chi connectivity index (χ3n) is 7.88. The Bertz CT molecular complexity index is 1270. The summed E-state index contributed by atoms with van der Waals surface area (Å²) in [6.45, 7) is 1.34. The van der Waals surface area contributed by atoms with Crippen LogP contribution in [0.25, 0.3) is 16.5 Å². The molecule has 184 valence electrons. The highest BCUT2D eigenvalue weighted by Gasteiger charge is 2.39. The largest absolute Gasteiger partial charge is 0.491 e. The van der Waals surface area contributed by atoms with E-state index in [9.17, 15) is 4.79 Å². The van der Waals surface area contributed by atoms with Crippen LogP contribution in [0, 0.1) is 0 Å². The van der Waals surface area contributed by atoms with E-state index in [0.717, 1.165) is 49.1 Å². The van der Waals surface area contributed by atoms with E-state index >= 15 is 0 Å². The molecule has 3 fully saturated rings. The van der Waals surface area contributed by atoms with E-state index in [1.165, 1.54) is 12.8 Å². The number of aromatic nitrogens is 1. The van der Waals surface area contributed by atoms with E-state index in [4.69, 9.17) is 25.8 Å². The molecule has 2 bridgehead atoms. The third kappa shape index (κ3) is 4.55. The molecule has 7 heteroatoms. The van der Waals surface area contributed by atoms with Crippen molar-refractivity contribution < 1.29 is 14.2 Å². The van der Waals surface area contributed by atoms with Gasteiger partial charge in [-0.15, -0.1) is 0 Å². The first kappa shape index (κ1) is 22.9. The molecule has 3 aliphatic rings. The van der Waals surface area contributed by atoms with E-state index in [1.54, 1.807) is 10.8 Å². The molecule has 0 N–H and O–H groups in total. The number of nitrogens with zero attached hydrogens (tertiary/aromatic N) is 2. The van der Waals surface area contributed by atoms with Crippen molar-refractivity contribution in [2.45, 2.75) is 62.8 Å². The molecule has 35 heavy (non-hydrogen) atoms. The number of piperidine rings is 1. The number of hydrogen-bond acceptors (Lipinski definition) is 5.